The van der Waals surface area contributed by atoms with Gasteiger partial charge in [0, 0.05) is 15.2 Å². The monoisotopic (exact) mass is 352 g/mol. The molecule has 0 atom stereocenters. The van der Waals surface area contributed by atoms with E-state index in [4.69, 9.17) is 11.6 Å². The first-order valence-electron chi connectivity index (χ1n) is 5.75. The molecule has 0 spiro atoms. The molecule has 96 valence electrons. The summed E-state index contributed by atoms with van der Waals surface area (Å²) in [5, 5.41) is 5.13. The summed E-state index contributed by atoms with van der Waals surface area (Å²) in [6, 6.07) is 13.8. The number of rotatable bonds is 3. The van der Waals surface area contributed by atoms with Gasteiger partial charge in [0.05, 0.1) is 16.8 Å². The maximum Gasteiger partial charge on any atom is 0.113 e. The fourth-order valence-electron chi connectivity index (χ4n) is 1.80. The quantitative estimate of drug-likeness (QED) is 0.689. The van der Waals surface area contributed by atoms with Crippen molar-refractivity contribution in [3.8, 4) is 0 Å². The summed E-state index contributed by atoms with van der Waals surface area (Å²) >= 11 is 11.1. The van der Waals surface area contributed by atoms with Gasteiger partial charge < -0.3 is 5.32 Å². The molecule has 0 aliphatic heterocycles. The van der Waals surface area contributed by atoms with Crippen LogP contribution in [-0.2, 0) is 6.54 Å². The van der Waals surface area contributed by atoms with Gasteiger partial charge in [-0.1, -0.05) is 33.6 Å². The first kappa shape index (κ1) is 12.9. The molecule has 0 saturated heterocycles. The molecule has 0 saturated carbocycles. The lowest BCUT2D eigenvalue weighted by atomic mass is 10.3. The van der Waals surface area contributed by atoms with Crippen molar-refractivity contribution in [3.05, 3.63) is 57.0 Å². The van der Waals surface area contributed by atoms with Crippen molar-refractivity contribution in [2.45, 2.75) is 6.54 Å². The molecule has 0 bridgehead atoms. The van der Waals surface area contributed by atoms with Crippen molar-refractivity contribution >= 4 is 54.8 Å². The van der Waals surface area contributed by atoms with Crippen molar-refractivity contribution in [3.63, 3.8) is 0 Å². The highest BCUT2D eigenvalue weighted by molar-refractivity contribution is 9.10. The van der Waals surface area contributed by atoms with Crippen LogP contribution in [0.3, 0.4) is 0 Å². The molecule has 0 radical (unpaired) electrons. The Hall–Kier alpha value is -1.10. The Labute approximate surface area is 128 Å². The van der Waals surface area contributed by atoms with E-state index in [1.807, 2.05) is 36.4 Å². The van der Waals surface area contributed by atoms with E-state index in [0.29, 0.717) is 6.54 Å². The van der Waals surface area contributed by atoms with Gasteiger partial charge in [-0.2, -0.15) is 0 Å². The molecule has 19 heavy (non-hydrogen) atoms. The van der Waals surface area contributed by atoms with E-state index >= 15 is 0 Å². The third-order valence-corrected chi connectivity index (χ3v) is 4.41. The van der Waals surface area contributed by atoms with Gasteiger partial charge in [0.2, 0.25) is 0 Å². The average Bonchev–Trinajstić information content (AvgIpc) is 2.78. The van der Waals surface area contributed by atoms with Gasteiger partial charge >= 0.3 is 0 Å². The zero-order valence-corrected chi connectivity index (χ0v) is 13.0. The van der Waals surface area contributed by atoms with Crippen LogP contribution in [0, 0.1) is 0 Å². The molecule has 1 aromatic heterocycles. The Balaban J connectivity index is 1.78. The van der Waals surface area contributed by atoms with Crippen LogP contribution < -0.4 is 5.32 Å². The Morgan fingerprint density at radius 3 is 2.95 bits per heavy atom. The van der Waals surface area contributed by atoms with Crippen LogP contribution in [0.15, 0.2) is 46.9 Å². The topological polar surface area (TPSA) is 24.9 Å². The van der Waals surface area contributed by atoms with Gasteiger partial charge in [0.1, 0.15) is 5.01 Å². The second kappa shape index (κ2) is 5.49. The number of fused-ring (bicyclic) bond motifs is 1. The molecule has 3 aromatic rings. The smallest absolute Gasteiger partial charge is 0.113 e. The second-order valence-corrected chi connectivity index (χ2v) is 6.55. The highest BCUT2D eigenvalue weighted by Gasteiger charge is 2.04. The minimum absolute atomic E-state index is 0.706. The minimum atomic E-state index is 0.706. The van der Waals surface area contributed by atoms with Crippen LogP contribution in [-0.4, -0.2) is 4.98 Å². The molecule has 0 fully saturated rings. The molecule has 3 rings (SSSR count). The maximum atomic E-state index is 5.95. The van der Waals surface area contributed by atoms with Crippen LogP contribution >= 0.6 is 38.9 Å². The summed E-state index contributed by atoms with van der Waals surface area (Å²) in [5.74, 6) is 0. The van der Waals surface area contributed by atoms with E-state index in [2.05, 4.69) is 32.3 Å². The van der Waals surface area contributed by atoms with Gasteiger partial charge in [-0.3, -0.25) is 0 Å². The van der Waals surface area contributed by atoms with Crippen LogP contribution in [0.1, 0.15) is 5.01 Å². The predicted octanol–water partition coefficient (Wildman–Crippen LogP) is 5.32. The summed E-state index contributed by atoms with van der Waals surface area (Å²) in [6.07, 6.45) is 0. The van der Waals surface area contributed by atoms with Crippen molar-refractivity contribution in [2.75, 3.05) is 5.32 Å². The summed E-state index contributed by atoms with van der Waals surface area (Å²) < 4.78 is 2.27. The molecular formula is C14H10BrClN2S. The number of thiazole rings is 1. The summed E-state index contributed by atoms with van der Waals surface area (Å²) in [5.41, 5.74) is 2.05. The number of hydrogen-bond donors (Lipinski definition) is 1. The van der Waals surface area contributed by atoms with Crippen molar-refractivity contribution < 1.29 is 0 Å². The lowest BCUT2D eigenvalue weighted by Gasteiger charge is -2.03. The zero-order valence-electron chi connectivity index (χ0n) is 9.86. The van der Waals surface area contributed by atoms with E-state index in [1.165, 1.54) is 4.70 Å². The molecule has 1 N–H and O–H groups in total. The molecule has 5 heteroatoms. The molecule has 2 nitrogen and oxygen atoms in total. The van der Waals surface area contributed by atoms with Gasteiger partial charge in [0.15, 0.2) is 0 Å². The van der Waals surface area contributed by atoms with Crippen LogP contribution in [0.5, 0.6) is 0 Å². The van der Waals surface area contributed by atoms with Crippen molar-refractivity contribution in [2.24, 2.45) is 0 Å². The van der Waals surface area contributed by atoms with E-state index in [-0.39, 0.29) is 0 Å². The largest absolute Gasteiger partial charge is 0.378 e. The number of anilines is 1. The van der Waals surface area contributed by atoms with Crippen LogP contribution in [0.25, 0.3) is 10.2 Å². The molecule has 0 unspecified atom stereocenters. The highest BCUT2D eigenvalue weighted by atomic mass is 79.9. The van der Waals surface area contributed by atoms with Gasteiger partial charge in [-0.15, -0.1) is 11.3 Å². The second-order valence-electron chi connectivity index (χ2n) is 4.08. The zero-order chi connectivity index (χ0) is 13.2. The van der Waals surface area contributed by atoms with E-state index in [0.717, 1.165) is 25.7 Å². The average molecular weight is 354 g/mol. The molecule has 0 aliphatic carbocycles. The molecule has 2 aromatic carbocycles. The number of halogens is 2. The van der Waals surface area contributed by atoms with Crippen LogP contribution in [0.2, 0.25) is 5.02 Å². The van der Waals surface area contributed by atoms with Gasteiger partial charge in [0.25, 0.3) is 0 Å². The lowest BCUT2D eigenvalue weighted by molar-refractivity contribution is 1.12. The summed E-state index contributed by atoms with van der Waals surface area (Å²) in [6.45, 7) is 0.706. The fourth-order valence-corrected chi connectivity index (χ4v) is 3.45. The van der Waals surface area contributed by atoms with E-state index < -0.39 is 0 Å². The summed E-state index contributed by atoms with van der Waals surface area (Å²) in [7, 11) is 0. The van der Waals surface area contributed by atoms with Crippen molar-refractivity contribution in [1.82, 2.24) is 4.98 Å². The summed E-state index contributed by atoms with van der Waals surface area (Å²) in [4.78, 5) is 4.59. The molecule has 0 aliphatic rings. The third-order valence-electron chi connectivity index (χ3n) is 2.66. The number of hydrogen-bond acceptors (Lipinski definition) is 3. The molecular weight excluding hydrogens is 344 g/mol. The number of benzene rings is 2. The van der Waals surface area contributed by atoms with Gasteiger partial charge in [-0.05, 0) is 36.4 Å². The Kier molecular flexibility index (Phi) is 3.73. The number of nitrogens with one attached hydrogen (secondary N) is 1. The number of aromatic nitrogens is 1. The molecule has 0 amide bonds. The standard InChI is InChI=1S/C14H10BrClN2S/c15-9-4-5-12-13(6-9)19-14(18-12)8-17-11-3-1-2-10(16)7-11/h1-7,17H,8H2. The van der Waals surface area contributed by atoms with E-state index in [9.17, 15) is 0 Å². The fraction of sp³-hybridized carbons (Fsp3) is 0.0714. The Bertz CT molecular complexity index is 726. The normalized spacial score (nSPS) is 10.8. The Morgan fingerprint density at radius 2 is 2.11 bits per heavy atom. The van der Waals surface area contributed by atoms with Gasteiger partial charge in [-0.25, -0.2) is 4.98 Å². The highest BCUT2D eigenvalue weighted by Crippen LogP contribution is 2.26. The maximum absolute atomic E-state index is 5.95. The van der Waals surface area contributed by atoms with E-state index in [1.54, 1.807) is 11.3 Å². The minimum Gasteiger partial charge on any atom is -0.378 e. The van der Waals surface area contributed by atoms with Crippen LogP contribution in [0.4, 0.5) is 5.69 Å². The first-order valence-corrected chi connectivity index (χ1v) is 7.74. The van der Waals surface area contributed by atoms with Crippen molar-refractivity contribution in [1.29, 1.82) is 0 Å². The Morgan fingerprint density at radius 1 is 1.21 bits per heavy atom. The number of nitrogens with zero attached hydrogens (tertiary/aromatic N) is 1. The first-order chi connectivity index (χ1) is 9.20. The third kappa shape index (κ3) is 3.08. The predicted molar refractivity (Wildman–Crippen MR) is 86.1 cm³/mol. The SMILES string of the molecule is Clc1cccc(NCc2nc3ccc(Br)cc3s2)c1. The lowest BCUT2D eigenvalue weighted by Crippen LogP contribution is -1.98. The molecule has 1 heterocycles.